The Morgan fingerprint density at radius 1 is 1.33 bits per heavy atom. The van der Waals surface area contributed by atoms with Gasteiger partial charge in [-0.2, -0.15) is 0 Å². The van der Waals surface area contributed by atoms with Crippen LogP contribution in [0.5, 0.6) is 0 Å². The van der Waals surface area contributed by atoms with Crippen LogP contribution in [-0.4, -0.2) is 23.0 Å². The van der Waals surface area contributed by atoms with Crippen molar-refractivity contribution in [2.75, 3.05) is 0 Å². The Labute approximate surface area is 108 Å². The van der Waals surface area contributed by atoms with E-state index in [2.05, 4.69) is 10.3 Å². The number of nitrogens with one attached hydrogen (secondary N) is 1. The minimum Gasteiger partial charge on any atom is -0.456 e. The summed E-state index contributed by atoms with van der Waals surface area (Å²) >= 11 is 0. The SMILES string of the molecule is CC.CC(C)OC(=O)C(=O)NCc1ccccn1. The zero-order valence-corrected chi connectivity index (χ0v) is 11.3. The number of rotatable bonds is 3. The van der Waals surface area contributed by atoms with Gasteiger partial charge in [0.15, 0.2) is 0 Å². The number of esters is 1. The zero-order valence-electron chi connectivity index (χ0n) is 11.3. The first-order valence-corrected chi connectivity index (χ1v) is 5.98. The normalized spacial score (nSPS) is 9.17. The number of nitrogens with zero attached hydrogens (tertiary/aromatic N) is 1. The van der Waals surface area contributed by atoms with E-state index in [1.807, 2.05) is 13.8 Å². The largest absolute Gasteiger partial charge is 0.456 e. The van der Waals surface area contributed by atoms with Gasteiger partial charge in [-0.1, -0.05) is 19.9 Å². The Bertz CT molecular complexity index is 364. The van der Waals surface area contributed by atoms with E-state index in [1.54, 1.807) is 38.2 Å². The molecule has 1 amide bonds. The quantitative estimate of drug-likeness (QED) is 0.656. The van der Waals surface area contributed by atoms with E-state index in [4.69, 9.17) is 4.74 Å². The molecule has 0 radical (unpaired) electrons. The highest BCUT2D eigenvalue weighted by atomic mass is 16.5. The maximum Gasteiger partial charge on any atom is 0.397 e. The summed E-state index contributed by atoms with van der Waals surface area (Å²) in [4.78, 5) is 26.4. The molecule has 0 unspecified atom stereocenters. The van der Waals surface area contributed by atoms with E-state index in [0.717, 1.165) is 0 Å². The van der Waals surface area contributed by atoms with Crippen molar-refractivity contribution in [2.45, 2.75) is 40.3 Å². The predicted octanol–water partition coefficient (Wildman–Crippen LogP) is 1.68. The molecule has 1 N–H and O–H groups in total. The molecule has 0 aliphatic rings. The molecule has 0 aliphatic carbocycles. The van der Waals surface area contributed by atoms with Gasteiger partial charge in [-0.25, -0.2) is 4.79 Å². The van der Waals surface area contributed by atoms with Gasteiger partial charge < -0.3 is 10.1 Å². The summed E-state index contributed by atoms with van der Waals surface area (Å²) in [5, 5.41) is 2.43. The second kappa shape index (κ2) is 9.15. The molecule has 0 aliphatic heterocycles. The molecule has 1 rings (SSSR count). The maximum absolute atomic E-state index is 11.2. The van der Waals surface area contributed by atoms with Gasteiger partial charge >= 0.3 is 11.9 Å². The highest BCUT2D eigenvalue weighted by molar-refractivity contribution is 6.32. The second-order valence-electron chi connectivity index (χ2n) is 3.46. The maximum atomic E-state index is 11.2. The number of hydrogen-bond acceptors (Lipinski definition) is 4. The van der Waals surface area contributed by atoms with Crippen molar-refractivity contribution in [2.24, 2.45) is 0 Å². The molecule has 5 nitrogen and oxygen atoms in total. The van der Waals surface area contributed by atoms with Crippen LogP contribution >= 0.6 is 0 Å². The average Bonchev–Trinajstić information content (AvgIpc) is 2.38. The highest BCUT2D eigenvalue weighted by Crippen LogP contribution is 1.93. The van der Waals surface area contributed by atoms with Crippen LogP contribution in [0.15, 0.2) is 24.4 Å². The van der Waals surface area contributed by atoms with E-state index in [-0.39, 0.29) is 12.6 Å². The molecule has 0 bridgehead atoms. The summed E-state index contributed by atoms with van der Waals surface area (Å²) in [5.74, 6) is -1.62. The van der Waals surface area contributed by atoms with E-state index in [0.29, 0.717) is 5.69 Å². The average molecular weight is 252 g/mol. The first-order chi connectivity index (χ1) is 8.59. The highest BCUT2D eigenvalue weighted by Gasteiger charge is 2.15. The molecule has 5 heteroatoms. The summed E-state index contributed by atoms with van der Waals surface area (Å²) in [6.07, 6.45) is 1.32. The van der Waals surface area contributed by atoms with Crippen molar-refractivity contribution in [3.8, 4) is 0 Å². The monoisotopic (exact) mass is 252 g/mol. The molecule has 1 aromatic rings. The van der Waals surface area contributed by atoms with Crippen LogP contribution in [0.2, 0.25) is 0 Å². The van der Waals surface area contributed by atoms with E-state index >= 15 is 0 Å². The van der Waals surface area contributed by atoms with Crippen LogP contribution in [0.25, 0.3) is 0 Å². The number of ether oxygens (including phenoxy) is 1. The molecule has 1 aromatic heterocycles. The first-order valence-electron chi connectivity index (χ1n) is 5.98. The van der Waals surface area contributed by atoms with Crippen molar-refractivity contribution >= 4 is 11.9 Å². The van der Waals surface area contributed by atoms with Gasteiger partial charge in [0.1, 0.15) is 0 Å². The van der Waals surface area contributed by atoms with Crippen molar-refractivity contribution in [3.05, 3.63) is 30.1 Å². The topological polar surface area (TPSA) is 68.3 Å². The second-order valence-corrected chi connectivity index (χ2v) is 3.46. The molecule has 0 atom stereocenters. The van der Waals surface area contributed by atoms with Crippen LogP contribution in [0.3, 0.4) is 0 Å². The zero-order chi connectivity index (χ0) is 14.0. The smallest absolute Gasteiger partial charge is 0.397 e. The Kier molecular flexibility index (Phi) is 8.18. The fourth-order valence-corrected chi connectivity index (χ4v) is 1.01. The lowest BCUT2D eigenvalue weighted by atomic mass is 10.3. The molecule has 18 heavy (non-hydrogen) atoms. The number of amides is 1. The molecule has 0 aromatic carbocycles. The molecule has 0 saturated heterocycles. The Morgan fingerprint density at radius 3 is 2.50 bits per heavy atom. The van der Waals surface area contributed by atoms with E-state index in [1.165, 1.54) is 0 Å². The summed E-state index contributed by atoms with van der Waals surface area (Å²) in [5.41, 5.74) is 0.688. The van der Waals surface area contributed by atoms with Crippen LogP contribution < -0.4 is 5.32 Å². The van der Waals surface area contributed by atoms with E-state index in [9.17, 15) is 9.59 Å². The molecule has 0 saturated carbocycles. The Balaban J connectivity index is 0.00000137. The molecular formula is C13H20N2O3. The van der Waals surface area contributed by atoms with Gasteiger partial charge in [-0.3, -0.25) is 9.78 Å². The van der Waals surface area contributed by atoms with Crippen molar-refractivity contribution < 1.29 is 14.3 Å². The van der Waals surface area contributed by atoms with Gasteiger partial charge in [-0.15, -0.1) is 0 Å². The lowest BCUT2D eigenvalue weighted by Crippen LogP contribution is -2.33. The van der Waals surface area contributed by atoms with Crippen LogP contribution in [0, 0.1) is 0 Å². The molecule has 100 valence electrons. The van der Waals surface area contributed by atoms with Gasteiger partial charge in [0.05, 0.1) is 18.3 Å². The number of hydrogen-bond donors (Lipinski definition) is 1. The number of pyridine rings is 1. The number of carbonyl (C=O) groups excluding carboxylic acids is 2. The molecular weight excluding hydrogens is 232 g/mol. The third-order valence-electron chi connectivity index (χ3n) is 1.68. The fraction of sp³-hybridized carbons (Fsp3) is 0.462. The minimum absolute atomic E-state index is 0.215. The molecule has 1 heterocycles. The predicted molar refractivity (Wildman–Crippen MR) is 68.7 cm³/mol. The Hall–Kier alpha value is -1.91. The third kappa shape index (κ3) is 6.62. The van der Waals surface area contributed by atoms with Crippen LogP contribution in [0.1, 0.15) is 33.4 Å². The summed E-state index contributed by atoms with van der Waals surface area (Å²) in [7, 11) is 0. The lowest BCUT2D eigenvalue weighted by Gasteiger charge is -2.07. The number of aromatic nitrogens is 1. The summed E-state index contributed by atoms with van der Waals surface area (Å²) in [6.45, 7) is 7.58. The first kappa shape index (κ1) is 16.1. The molecule has 0 fully saturated rings. The number of carbonyl (C=O) groups is 2. The van der Waals surface area contributed by atoms with Crippen LogP contribution in [-0.2, 0) is 20.9 Å². The van der Waals surface area contributed by atoms with Crippen LogP contribution in [0.4, 0.5) is 0 Å². The Morgan fingerprint density at radius 2 is 2.00 bits per heavy atom. The third-order valence-corrected chi connectivity index (χ3v) is 1.68. The lowest BCUT2D eigenvalue weighted by molar-refractivity contribution is -0.157. The minimum atomic E-state index is -0.870. The van der Waals surface area contributed by atoms with E-state index < -0.39 is 11.9 Å². The standard InChI is InChI=1S/C11H14N2O3.C2H6/c1-8(2)16-11(15)10(14)13-7-9-5-3-4-6-12-9;1-2/h3-6,8H,7H2,1-2H3,(H,13,14);1-2H3. The summed E-state index contributed by atoms with van der Waals surface area (Å²) < 4.78 is 4.73. The summed E-state index contributed by atoms with van der Waals surface area (Å²) in [6, 6.07) is 5.34. The van der Waals surface area contributed by atoms with Crippen molar-refractivity contribution in [1.82, 2.24) is 10.3 Å². The van der Waals surface area contributed by atoms with Crippen molar-refractivity contribution in [1.29, 1.82) is 0 Å². The van der Waals surface area contributed by atoms with Gasteiger partial charge in [0.2, 0.25) is 0 Å². The van der Waals surface area contributed by atoms with Gasteiger partial charge in [0, 0.05) is 6.20 Å². The van der Waals surface area contributed by atoms with Gasteiger partial charge in [-0.05, 0) is 26.0 Å². The molecule has 0 spiro atoms. The fourth-order valence-electron chi connectivity index (χ4n) is 1.01. The van der Waals surface area contributed by atoms with Crippen molar-refractivity contribution in [3.63, 3.8) is 0 Å². The van der Waals surface area contributed by atoms with Gasteiger partial charge in [0.25, 0.3) is 0 Å².